The molecule has 2 bridgehead atoms. The van der Waals surface area contributed by atoms with Crippen molar-refractivity contribution in [1.82, 2.24) is 0 Å². The van der Waals surface area contributed by atoms with E-state index in [1.807, 2.05) is 0 Å². The van der Waals surface area contributed by atoms with Crippen LogP contribution < -0.4 is 14.2 Å². The zero-order chi connectivity index (χ0) is 44.0. The zero-order valence-corrected chi connectivity index (χ0v) is 31.8. The Balaban J connectivity index is 1.28. The molecule has 14 N–H and O–H groups in total. The van der Waals surface area contributed by atoms with Crippen LogP contribution in [0.15, 0.2) is 60.2 Å². The first-order chi connectivity index (χ1) is 29.4. The lowest BCUT2D eigenvalue weighted by Crippen LogP contribution is -2.44. The predicted molar refractivity (Wildman–Crippen MR) is 207 cm³/mol. The smallest absolute Gasteiger partial charge is 0.207 e. The van der Waals surface area contributed by atoms with Crippen LogP contribution in [0.4, 0.5) is 0 Å². The third-order valence-corrected chi connectivity index (χ3v) is 12.4. The summed E-state index contributed by atoms with van der Waals surface area (Å²) in [6, 6.07) is 8.49. The topological polar surface area (TPSA) is 328 Å². The molecule has 0 aromatic heterocycles. The molecule has 0 unspecified atom stereocenters. The van der Waals surface area contributed by atoms with E-state index in [1.54, 1.807) is 0 Å². The van der Waals surface area contributed by atoms with Crippen molar-refractivity contribution in [3.05, 3.63) is 110 Å². The molecule has 0 saturated heterocycles. The molecular weight excluding hydrogens is 816 g/mol. The van der Waals surface area contributed by atoms with Crippen LogP contribution in [0, 0.1) is 0 Å². The van der Waals surface area contributed by atoms with Gasteiger partial charge in [-0.25, -0.2) is 0 Å². The fourth-order valence-electron chi connectivity index (χ4n) is 9.79. The highest BCUT2D eigenvalue weighted by Crippen LogP contribution is 2.62. The lowest BCUT2D eigenvalue weighted by Gasteiger charge is -2.42. The monoisotopic (exact) mass is 852 g/mol. The third kappa shape index (κ3) is 5.40. The third-order valence-electron chi connectivity index (χ3n) is 12.4. The van der Waals surface area contributed by atoms with Crippen LogP contribution in [0.5, 0.6) is 74.7 Å². The van der Waals surface area contributed by atoms with E-state index in [1.165, 1.54) is 0 Å². The van der Waals surface area contributed by atoms with Crippen LogP contribution in [-0.4, -0.2) is 102 Å². The zero-order valence-electron chi connectivity index (χ0n) is 31.8. The van der Waals surface area contributed by atoms with Crippen LogP contribution in [0.25, 0.3) is 0 Å². The molecule has 0 saturated carbocycles. The number of carbonyl (C=O) groups excluding carboxylic acids is 1. The van der Waals surface area contributed by atoms with Gasteiger partial charge in [0, 0.05) is 95.0 Å². The molecule has 5 aromatic carbocycles. The van der Waals surface area contributed by atoms with E-state index < -0.39 is 123 Å². The van der Waals surface area contributed by atoms with Gasteiger partial charge < -0.3 is 85.7 Å². The minimum Gasteiger partial charge on any atom is -0.508 e. The molecule has 5 aromatic rings. The van der Waals surface area contributed by atoms with Gasteiger partial charge in [0.25, 0.3) is 0 Å². The molecule has 0 radical (unpaired) electrons. The van der Waals surface area contributed by atoms with Crippen LogP contribution in [0.2, 0.25) is 0 Å². The Bertz CT molecular complexity index is 2850. The highest BCUT2D eigenvalue weighted by atomic mass is 16.5. The van der Waals surface area contributed by atoms with Gasteiger partial charge in [-0.05, 0) is 34.9 Å². The van der Waals surface area contributed by atoms with Crippen molar-refractivity contribution >= 4 is 5.78 Å². The summed E-state index contributed by atoms with van der Waals surface area (Å²) in [5, 5.41) is 157. The first-order valence-electron chi connectivity index (χ1n) is 19.2. The number of ether oxygens (including phenoxy) is 3. The van der Waals surface area contributed by atoms with E-state index in [0.29, 0.717) is 0 Å². The normalized spacial score (nSPS) is 26.6. The number of phenolic OH excluding ortho intramolecular Hbond substituents is 10. The molecule has 0 fully saturated rings. The summed E-state index contributed by atoms with van der Waals surface area (Å²) in [7, 11) is 0. The maximum atomic E-state index is 15.2. The van der Waals surface area contributed by atoms with Crippen LogP contribution in [0.3, 0.4) is 0 Å². The Morgan fingerprint density at radius 1 is 0.500 bits per heavy atom. The minimum absolute atomic E-state index is 0.0841. The van der Waals surface area contributed by atoms with Crippen molar-refractivity contribution in [2.45, 2.75) is 67.4 Å². The maximum Gasteiger partial charge on any atom is 0.207 e. The van der Waals surface area contributed by atoms with Gasteiger partial charge in [-0.2, -0.15) is 0 Å². The van der Waals surface area contributed by atoms with Gasteiger partial charge in [0.15, 0.2) is 40.8 Å². The quantitative estimate of drug-likeness (QED) is 0.0916. The van der Waals surface area contributed by atoms with Crippen LogP contribution >= 0.6 is 0 Å². The van der Waals surface area contributed by atoms with Gasteiger partial charge in [-0.15, -0.1) is 0 Å². The number of fused-ring (bicyclic) bond motifs is 3. The summed E-state index contributed by atoms with van der Waals surface area (Å²) in [5.74, 6) is -9.93. The Hall–Kier alpha value is -7.25. The number of hydrogen-bond acceptors (Lipinski definition) is 18. The van der Waals surface area contributed by atoms with Gasteiger partial charge in [0.1, 0.15) is 57.8 Å². The maximum absolute atomic E-state index is 15.2. The van der Waals surface area contributed by atoms with E-state index in [4.69, 9.17) is 14.2 Å². The summed E-state index contributed by atoms with van der Waals surface area (Å²) >= 11 is 0. The van der Waals surface area contributed by atoms with Gasteiger partial charge in [-0.3, -0.25) is 4.79 Å². The van der Waals surface area contributed by atoms with E-state index in [0.717, 1.165) is 54.6 Å². The number of rotatable bonds is 3. The fourth-order valence-corrected chi connectivity index (χ4v) is 9.79. The molecule has 0 amide bonds. The second-order valence-electron chi connectivity index (χ2n) is 16.2. The number of hydrogen-bond donors (Lipinski definition) is 14. The van der Waals surface area contributed by atoms with Crippen molar-refractivity contribution in [3.63, 3.8) is 0 Å². The average Bonchev–Trinajstić information content (AvgIpc) is 3.35. The van der Waals surface area contributed by atoms with Crippen LogP contribution in [0.1, 0.15) is 73.0 Å². The Morgan fingerprint density at radius 2 is 0.903 bits per heavy atom. The van der Waals surface area contributed by atoms with E-state index in [2.05, 4.69) is 0 Å². The fraction of sp³-hybridized carbons (Fsp3) is 0.250. The number of aliphatic hydroxyl groups is 4. The summed E-state index contributed by atoms with van der Waals surface area (Å²) in [6.07, 6.45) is -9.65. The van der Waals surface area contributed by atoms with Gasteiger partial charge in [0.2, 0.25) is 5.78 Å². The van der Waals surface area contributed by atoms with Crippen molar-refractivity contribution in [2.24, 2.45) is 0 Å². The molecule has 0 spiro atoms. The number of carbonyl (C=O) groups is 1. The average molecular weight is 853 g/mol. The minimum atomic E-state index is -3.12. The second-order valence-corrected chi connectivity index (χ2v) is 16.2. The lowest BCUT2D eigenvalue weighted by molar-refractivity contribution is 0.0169. The molecule has 11 rings (SSSR count). The lowest BCUT2D eigenvalue weighted by atomic mass is 9.68. The summed E-state index contributed by atoms with van der Waals surface area (Å²) < 4.78 is 18.7. The SMILES string of the molecule is O=C1c2c(O)c(O)cc([C@H]3Oc4cc(O)cc(O)c4C[C@H]3O)c2[C@H]2C([C@H]3Oc4cc(O)cc(O)c4C[C@H]3O)=C[C@]1(O)c1c(O)c(O)cc([C@H]3Oc4cc(O)cc(O)c4C[C@H]3O)c12. The number of benzene rings is 5. The standard InChI is InChI=1S/C44H36O18/c45-13-1-22(48)16-7-27(53)40(60-30(16)4-13)19-10-25(51)38(56)36-33(19)34-21(42-29(55)9-18-24(50)3-15(47)6-32(18)62-42)12-44(59,43(36)58)37-35(34)20(11-26(52)39(37)57)41-28(54)8-17-23(49)2-14(46)5-31(17)61-41/h1-6,10-12,27-29,34,40-42,45-57,59H,7-9H2/t27-,28-,29-,34-,40-,41-,42-,44+/m1/s1. The van der Waals surface area contributed by atoms with Crippen LogP contribution in [-0.2, 0) is 24.9 Å². The second kappa shape index (κ2) is 13.1. The number of aromatic hydroxyl groups is 10. The highest BCUT2D eigenvalue weighted by molar-refractivity contribution is 6.11. The summed E-state index contributed by atoms with van der Waals surface area (Å²) in [4.78, 5) is 15.2. The van der Waals surface area contributed by atoms with Crippen molar-refractivity contribution in [1.29, 1.82) is 0 Å². The summed E-state index contributed by atoms with van der Waals surface area (Å²) in [5.41, 5.74) is -5.51. The first-order valence-corrected chi connectivity index (χ1v) is 19.2. The summed E-state index contributed by atoms with van der Waals surface area (Å²) in [6.45, 7) is 0. The molecule has 8 atom stereocenters. The van der Waals surface area contributed by atoms with E-state index in [9.17, 15) is 71.5 Å². The number of aliphatic hydroxyl groups excluding tert-OH is 3. The molecule has 6 aliphatic rings. The number of ketones is 1. The molecule has 3 aliphatic heterocycles. The van der Waals surface area contributed by atoms with Gasteiger partial charge >= 0.3 is 0 Å². The number of Topliss-reactive ketones (excluding diaryl/α,β-unsaturated/α-hetero) is 1. The van der Waals surface area contributed by atoms with Crippen molar-refractivity contribution < 1.29 is 90.5 Å². The largest absolute Gasteiger partial charge is 0.508 e. The van der Waals surface area contributed by atoms with Crippen molar-refractivity contribution in [2.75, 3.05) is 0 Å². The van der Waals surface area contributed by atoms with E-state index >= 15 is 4.79 Å². The molecule has 18 nitrogen and oxygen atoms in total. The molecule has 3 aliphatic carbocycles. The molecular formula is C44H36O18. The Labute approximate surface area is 348 Å². The number of phenols is 10. The van der Waals surface area contributed by atoms with Gasteiger partial charge in [-0.1, -0.05) is 0 Å². The molecule has 62 heavy (non-hydrogen) atoms. The first kappa shape index (κ1) is 38.9. The highest BCUT2D eigenvalue weighted by Gasteiger charge is 2.58. The Morgan fingerprint density at radius 3 is 1.37 bits per heavy atom. The van der Waals surface area contributed by atoms with Gasteiger partial charge in [0.05, 0.1) is 23.9 Å². The van der Waals surface area contributed by atoms with E-state index in [-0.39, 0.29) is 81.0 Å². The molecule has 3 heterocycles. The Kier molecular flexibility index (Phi) is 8.24. The molecule has 18 heteroatoms. The molecule has 320 valence electrons. The van der Waals surface area contributed by atoms with Crippen molar-refractivity contribution in [3.8, 4) is 74.7 Å². The predicted octanol–water partition coefficient (Wildman–Crippen LogP) is 2.64.